The highest BCUT2D eigenvalue weighted by Crippen LogP contribution is 2.15. The largest absolute Gasteiger partial charge is 0.463 e. The molecule has 0 rings (SSSR count). The zero-order chi connectivity index (χ0) is 29.5. The second kappa shape index (κ2) is 30.8. The van der Waals surface area contributed by atoms with Crippen molar-refractivity contribution in [3.63, 3.8) is 0 Å². The third kappa shape index (κ3) is 31.4. The Morgan fingerprint density at radius 2 is 0.800 bits per heavy atom. The smallest absolute Gasteiger partial charge is 0.305 e. The van der Waals surface area contributed by atoms with E-state index in [1.807, 2.05) is 0 Å². The highest BCUT2D eigenvalue weighted by atomic mass is 16.6. The lowest BCUT2D eigenvalue weighted by Crippen LogP contribution is -2.25. The molecule has 0 bridgehead atoms. The van der Waals surface area contributed by atoms with E-state index in [-0.39, 0.29) is 25.2 Å². The molecule has 0 saturated heterocycles. The Bertz CT molecular complexity index is 548. The quantitative estimate of drug-likeness (QED) is 0.0665. The van der Waals surface area contributed by atoms with Crippen molar-refractivity contribution < 1.29 is 24.2 Å². The van der Waals surface area contributed by atoms with Gasteiger partial charge in [-0.2, -0.15) is 0 Å². The first-order chi connectivity index (χ1) is 19.5. The minimum atomic E-state index is -0.954. The van der Waals surface area contributed by atoms with Gasteiger partial charge in [-0.1, -0.05) is 162 Å². The molecule has 238 valence electrons. The maximum absolute atomic E-state index is 11.9. The molecule has 0 amide bonds. The average molecular weight is 569 g/mol. The maximum atomic E-state index is 11.9. The van der Waals surface area contributed by atoms with Gasteiger partial charge in [0.1, 0.15) is 19.3 Å². The molecular formula is C35H68O5. The van der Waals surface area contributed by atoms with Crippen LogP contribution >= 0.6 is 0 Å². The van der Waals surface area contributed by atoms with Crippen molar-refractivity contribution in [1.82, 2.24) is 0 Å². The van der Waals surface area contributed by atoms with Gasteiger partial charge in [0.2, 0.25) is 0 Å². The molecule has 5 heteroatoms. The summed E-state index contributed by atoms with van der Waals surface area (Å²) in [6, 6.07) is 0. The van der Waals surface area contributed by atoms with E-state index in [4.69, 9.17) is 9.47 Å². The van der Waals surface area contributed by atoms with Gasteiger partial charge < -0.3 is 14.6 Å². The minimum absolute atomic E-state index is 0.109. The molecule has 0 radical (unpaired) electrons. The molecule has 1 atom stereocenters. The number of hydrogen-bond donors (Lipinski definition) is 1. The zero-order valence-electron chi connectivity index (χ0n) is 27.0. The first kappa shape index (κ1) is 38.9. The van der Waals surface area contributed by atoms with E-state index in [2.05, 4.69) is 20.8 Å². The van der Waals surface area contributed by atoms with E-state index in [0.29, 0.717) is 12.8 Å². The zero-order valence-corrected chi connectivity index (χ0v) is 27.0. The number of ether oxygens (including phenoxy) is 2. The molecule has 40 heavy (non-hydrogen) atoms. The van der Waals surface area contributed by atoms with E-state index in [0.717, 1.165) is 31.6 Å². The topological polar surface area (TPSA) is 72.8 Å². The Morgan fingerprint density at radius 3 is 1.12 bits per heavy atom. The summed E-state index contributed by atoms with van der Waals surface area (Å²) in [5.41, 5.74) is 0. The molecule has 0 aromatic heterocycles. The van der Waals surface area contributed by atoms with Gasteiger partial charge in [-0.25, -0.2) is 0 Å². The Kier molecular flexibility index (Phi) is 30.0. The maximum Gasteiger partial charge on any atom is 0.305 e. The van der Waals surface area contributed by atoms with Gasteiger partial charge in [-0.3, -0.25) is 9.59 Å². The highest BCUT2D eigenvalue weighted by Gasteiger charge is 2.12. The van der Waals surface area contributed by atoms with Crippen LogP contribution in [0.25, 0.3) is 0 Å². The normalized spacial score (nSPS) is 12.1. The molecule has 0 aromatic rings. The summed E-state index contributed by atoms with van der Waals surface area (Å²) in [6.07, 6.45) is 30.0. The van der Waals surface area contributed by atoms with Crippen LogP contribution in [0.2, 0.25) is 0 Å². The second-order valence-corrected chi connectivity index (χ2v) is 12.5. The van der Waals surface area contributed by atoms with Gasteiger partial charge in [-0.15, -0.1) is 0 Å². The summed E-state index contributed by atoms with van der Waals surface area (Å²) in [6.45, 7) is 6.64. The summed E-state index contributed by atoms with van der Waals surface area (Å²) in [7, 11) is 0. The van der Waals surface area contributed by atoms with E-state index in [9.17, 15) is 14.7 Å². The van der Waals surface area contributed by atoms with E-state index in [1.54, 1.807) is 0 Å². The molecule has 1 N–H and O–H groups in total. The molecule has 0 fully saturated rings. The van der Waals surface area contributed by atoms with Crippen LogP contribution in [-0.2, 0) is 19.1 Å². The average Bonchev–Trinajstić information content (AvgIpc) is 2.93. The fraction of sp³-hybridized carbons (Fsp3) is 0.943. The second-order valence-electron chi connectivity index (χ2n) is 12.5. The molecule has 5 nitrogen and oxygen atoms in total. The summed E-state index contributed by atoms with van der Waals surface area (Å²) in [5.74, 6) is 0.280. The van der Waals surface area contributed by atoms with E-state index >= 15 is 0 Å². The van der Waals surface area contributed by atoms with Gasteiger partial charge >= 0.3 is 11.9 Å². The summed E-state index contributed by atoms with van der Waals surface area (Å²) in [5, 5.41) is 9.96. The summed E-state index contributed by atoms with van der Waals surface area (Å²) < 4.78 is 10.3. The first-order valence-electron chi connectivity index (χ1n) is 17.4. The molecular weight excluding hydrogens is 500 g/mol. The molecule has 0 saturated carbocycles. The molecule has 0 unspecified atom stereocenters. The third-order valence-corrected chi connectivity index (χ3v) is 7.77. The monoisotopic (exact) mass is 569 g/mol. The summed E-state index contributed by atoms with van der Waals surface area (Å²) in [4.78, 5) is 23.8. The number of carbonyl (C=O) groups is 2. The lowest BCUT2D eigenvalue weighted by Gasteiger charge is -2.12. The Labute approximate surface area is 248 Å². The lowest BCUT2D eigenvalue weighted by atomic mass is 10.0. The molecule has 0 heterocycles. The highest BCUT2D eigenvalue weighted by molar-refractivity contribution is 5.69. The Balaban J connectivity index is 3.40. The van der Waals surface area contributed by atoms with Gasteiger partial charge in [0.25, 0.3) is 0 Å². The summed E-state index contributed by atoms with van der Waals surface area (Å²) >= 11 is 0. The van der Waals surface area contributed by atoms with E-state index in [1.165, 1.54) is 128 Å². The number of rotatable bonds is 31. The lowest BCUT2D eigenvalue weighted by molar-refractivity contribution is -0.152. The van der Waals surface area contributed by atoms with Crippen LogP contribution in [0.1, 0.15) is 188 Å². The predicted octanol–water partition coefficient (Wildman–Crippen LogP) is 10.3. The minimum Gasteiger partial charge on any atom is -0.463 e. The van der Waals surface area contributed by atoms with Crippen LogP contribution < -0.4 is 0 Å². The fourth-order valence-electron chi connectivity index (χ4n) is 5.09. The first-order valence-corrected chi connectivity index (χ1v) is 17.4. The molecule has 0 aromatic carbocycles. The molecule has 0 aliphatic rings. The van der Waals surface area contributed by atoms with Crippen molar-refractivity contribution in [2.75, 3.05) is 13.2 Å². The number of esters is 2. The van der Waals surface area contributed by atoms with Crippen molar-refractivity contribution in [3.8, 4) is 0 Å². The van der Waals surface area contributed by atoms with Crippen molar-refractivity contribution in [2.45, 2.75) is 194 Å². The number of hydrogen-bond acceptors (Lipinski definition) is 5. The van der Waals surface area contributed by atoms with Crippen molar-refractivity contribution in [1.29, 1.82) is 0 Å². The third-order valence-electron chi connectivity index (χ3n) is 7.77. The number of unbranched alkanes of at least 4 members (excludes halogenated alkanes) is 21. The standard InChI is InChI=1S/C35H68O5/c1-4-5-6-7-8-9-10-13-16-19-22-25-28-34(37)39-30-33(36)31-40-35(38)29-26-23-20-17-14-11-12-15-18-21-24-27-32(2)3/h32-33,36H,4-31H2,1-3H3/t33-/m0/s1. The van der Waals surface area contributed by atoms with Gasteiger partial charge in [-0.05, 0) is 18.8 Å². The van der Waals surface area contributed by atoms with Crippen LogP contribution in [0.15, 0.2) is 0 Å². The van der Waals surface area contributed by atoms with E-state index < -0.39 is 6.10 Å². The van der Waals surface area contributed by atoms with Crippen LogP contribution in [0.4, 0.5) is 0 Å². The number of carbonyl (C=O) groups excluding carboxylic acids is 2. The Morgan fingerprint density at radius 1 is 0.500 bits per heavy atom. The van der Waals surface area contributed by atoms with Crippen LogP contribution in [0.5, 0.6) is 0 Å². The molecule has 0 spiro atoms. The van der Waals surface area contributed by atoms with Crippen LogP contribution in [0.3, 0.4) is 0 Å². The van der Waals surface area contributed by atoms with Crippen molar-refractivity contribution in [2.24, 2.45) is 5.92 Å². The molecule has 0 aliphatic heterocycles. The van der Waals surface area contributed by atoms with Crippen molar-refractivity contribution in [3.05, 3.63) is 0 Å². The van der Waals surface area contributed by atoms with Crippen molar-refractivity contribution >= 4 is 11.9 Å². The predicted molar refractivity (Wildman–Crippen MR) is 168 cm³/mol. The Hall–Kier alpha value is -1.10. The van der Waals surface area contributed by atoms with Gasteiger partial charge in [0.15, 0.2) is 0 Å². The SMILES string of the molecule is CCCCCCCCCCCCCCC(=O)OC[C@H](O)COC(=O)CCCCCCCCCCCCCC(C)C. The number of aliphatic hydroxyl groups excluding tert-OH is 1. The number of aliphatic hydroxyl groups is 1. The van der Waals surface area contributed by atoms with Crippen LogP contribution in [-0.4, -0.2) is 36.4 Å². The molecule has 0 aliphatic carbocycles. The van der Waals surface area contributed by atoms with Gasteiger partial charge in [0.05, 0.1) is 0 Å². The van der Waals surface area contributed by atoms with Crippen LogP contribution in [0, 0.1) is 5.92 Å². The fourth-order valence-corrected chi connectivity index (χ4v) is 5.09. The van der Waals surface area contributed by atoms with Gasteiger partial charge in [0, 0.05) is 12.8 Å².